The summed E-state index contributed by atoms with van der Waals surface area (Å²) >= 11 is 13.0. The summed E-state index contributed by atoms with van der Waals surface area (Å²) in [7, 11) is 0. The van der Waals surface area contributed by atoms with Gasteiger partial charge >= 0.3 is 0 Å². The van der Waals surface area contributed by atoms with Crippen molar-refractivity contribution >= 4 is 57.5 Å². The van der Waals surface area contributed by atoms with Gasteiger partial charge in [-0.05, 0) is 55.7 Å². The minimum Gasteiger partial charge on any atom is -0.507 e. The predicted octanol–water partition coefficient (Wildman–Crippen LogP) is 8.60. The minimum atomic E-state index is -1.08. The molecule has 0 aliphatic heterocycles. The van der Waals surface area contributed by atoms with Gasteiger partial charge in [0.25, 0.3) is 0 Å². The van der Waals surface area contributed by atoms with E-state index in [2.05, 4.69) is 10.6 Å². The van der Waals surface area contributed by atoms with Crippen LogP contribution in [0.4, 0.5) is 27.1 Å². The first kappa shape index (κ1) is 29.2. The number of hydrogen-bond acceptors (Lipinski definition) is 7. The zero-order valence-corrected chi connectivity index (χ0v) is 24.5. The Labute approximate surface area is 251 Å². The van der Waals surface area contributed by atoms with Crippen molar-refractivity contribution in [2.24, 2.45) is 0 Å². The van der Waals surface area contributed by atoms with Crippen molar-refractivity contribution < 1.29 is 28.9 Å². The SMILES string of the molecule is CCCCOc1c(Nc2c(C)cccc2Cl)c(Nc2c(C)cccc2Cl)c(F)c2c1C(=O)c1c(O)ccc(O)c1C2=O. The number of rotatable bonds is 8. The summed E-state index contributed by atoms with van der Waals surface area (Å²) in [5, 5.41) is 27.9. The maximum atomic E-state index is 16.8. The van der Waals surface area contributed by atoms with Crippen LogP contribution >= 0.6 is 23.2 Å². The van der Waals surface area contributed by atoms with E-state index in [1.54, 1.807) is 50.2 Å². The van der Waals surface area contributed by atoms with Gasteiger partial charge in [0, 0.05) is 0 Å². The number of anilines is 4. The summed E-state index contributed by atoms with van der Waals surface area (Å²) in [6.45, 7) is 5.67. The molecule has 0 saturated heterocycles. The quantitative estimate of drug-likeness (QED) is 0.103. The molecule has 0 bridgehead atoms. The van der Waals surface area contributed by atoms with E-state index in [9.17, 15) is 19.8 Å². The number of halogens is 3. The van der Waals surface area contributed by atoms with Gasteiger partial charge in [0.1, 0.15) is 22.9 Å². The van der Waals surface area contributed by atoms with Crippen molar-refractivity contribution in [1.29, 1.82) is 0 Å². The maximum Gasteiger partial charge on any atom is 0.202 e. The minimum absolute atomic E-state index is 0.00196. The molecule has 0 heterocycles. The van der Waals surface area contributed by atoms with Crippen molar-refractivity contribution in [3.8, 4) is 17.2 Å². The summed E-state index contributed by atoms with van der Waals surface area (Å²) in [4.78, 5) is 27.8. The Morgan fingerprint density at radius 3 is 1.74 bits per heavy atom. The summed E-state index contributed by atoms with van der Waals surface area (Å²) in [5.74, 6) is -4.14. The van der Waals surface area contributed by atoms with Gasteiger partial charge in [0.15, 0.2) is 11.6 Å². The van der Waals surface area contributed by atoms with Crippen LogP contribution < -0.4 is 15.4 Å². The van der Waals surface area contributed by atoms with Crippen molar-refractivity contribution in [3.63, 3.8) is 0 Å². The molecule has 0 amide bonds. The first-order valence-electron chi connectivity index (χ1n) is 13.3. The first-order valence-corrected chi connectivity index (χ1v) is 14.0. The third kappa shape index (κ3) is 4.91. The van der Waals surface area contributed by atoms with Crippen LogP contribution in [0, 0.1) is 19.7 Å². The van der Waals surface area contributed by atoms with Crippen molar-refractivity contribution in [2.45, 2.75) is 33.6 Å². The lowest BCUT2D eigenvalue weighted by Crippen LogP contribution is -2.25. The Balaban J connectivity index is 1.88. The molecule has 4 aromatic rings. The van der Waals surface area contributed by atoms with Gasteiger partial charge in [-0.15, -0.1) is 0 Å². The second kappa shape index (κ2) is 11.5. The Morgan fingerprint density at radius 2 is 1.24 bits per heavy atom. The molecule has 1 aliphatic rings. The van der Waals surface area contributed by atoms with E-state index in [1.807, 2.05) is 6.92 Å². The number of fused-ring (bicyclic) bond motifs is 2. The van der Waals surface area contributed by atoms with Crippen molar-refractivity contribution in [3.05, 3.63) is 97.8 Å². The number of para-hydroxylation sites is 2. The van der Waals surface area contributed by atoms with E-state index in [1.165, 1.54) is 0 Å². The molecule has 42 heavy (non-hydrogen) atoms. The lowest BCUT2D eigenvalue weighted by Gasteiger charge is -2.28. The number of unbranched alkanes of at least 4 members (excludes halogenated alkanes) is 1. The van der Waals surface area contributed by atoms with Gasteiger partial charge in [-0.25, -0.2) is 4.39 Å². The van der Waals surface area contributed by atoms with E-state index in [0.29, 0.717) is 28.4 Å². The van der Waals surface area contributed by atoms with Crippen LogP contribution in [0.2, 0.25) is 10.0 Å². The number of carbonyl (C=O) groups excluding carboxylic acids is 2. The number of hydrogen-bond donors (Lipinski definition) is 4. The second-order valence-corrected chi connectivity index (χ2v) is 10.8. The van der Waals surface area contributed by atoms with Crippen LogP contribution in [0.25, 0.3) is 0 Å². The number of phenols is 2. The standard InChI is InChI=1S/C32H27Cl2FN2O5/c1-4-5-14-42-32-24-23(30(40)21-19(38)12-13-20(39)22(21)31(24)41)25(35)28(36-26-15(2)8-6-10-17(26)33)29(32)37-27-16(3)9-7-11-18(27)34/h6-13,36-39H,4-5,14H2,1-3H3. The summed E-state index contributed by atoms with van der Waals surface area (Å²) in [5.41, 5.74) is 0.0632. The number of carbonyl (C=O) groups is 2. The largest absolute Gasteiger partial charge is 0.507 e. The Kier molecular flexibility index (Phi) is 8.03. The van der Waals surface area contributed by atoms with E-state index in [0.717, 1.165) is 24.1 Å². The molecule has 7 nitrogen and oxygen atoms in total. The molecule has 10 heteroatoms. The number of ketones is 2. The molecule has 0 saturated carbocycles. The highest BCUT2D eigenvalue weighted by Crippen LogP contribution is 2.50. The highest BCUT2D eigenvalue weighted by Gasteiger charge is 2.42. The van der Waals surface area contributed by atoms with E-state index in [-0.39, 0.29) is 34.3 Å². The lowest BCUT2D eigenvalue weighted by molar-refractivity contribution is 0.0967. The number of benzene rings is 4. The fraction of sp³-hybridized carbons (Fsp3) is 0.188. The Bertz CT molecular complexity index is 1730. The van der Waals surface area contributed by atoms with E-state index < -0.39 is 45.6 Å². The monoisotopic (exact) mass is 608 g/mol. The first-order chi connectivity index (χ1) is 20.1. The molecule has 0 fully saturated rings. The number of aryl methyl sites for hydroxylation is 2. The Morgan fingerprint density at radius 1 is 0.738 bits per heavy atom. The number of nitrogens with one attached hydrogen (secondary N) is 2. The predicted molar refractivity (Wildman–Crippen MR) is 162 cm³/mol. The average Bonchev–Trinajstić information content (AvgIpc) is 2.94. The molecule has 0 unspecified atom stereocenters. The number of ether oxygens (including phenoxy) is 1. The topological polar surface area (TPSA) is 108 Å². The molecule has 1 aliphatic carbocycles. The van der Waals surface area contributed by atoms with Crippen LogP contribution in [-0.2, 0) is 0 Å². The van der Waals surface area contributed by atoms with Gasteiger partial charge in [-0.1, -0.05) is 60.8 Å². The van der Waals surface area contributed by atoms with Gasteiger partial charge in [-0.2, -0.15) is 0 Å². The molecule has 4 aromatic carbocycles. The Hall–Kier alpha value is -4.27. The molecule has 0 spiro atoms. The van der Waals surface area contributed by atoms with E-state index in [4.69, 9.17) is 27.9 Å². The van der Waals surface area contributed by atoms with Gasteiger partial charge in [0.2, 0.25) is 11.6 Å². The van der Waals surface area contributed by atoms with Gasteiger partial charge < -0.3 is 25.6 Å². The summed E-state index contributed by atoms with van der Waals surface area (Å²) in [6.07, 6.45) is 1.35. The number of aromatic hydroxyl groups is 2. The maximum absolute atomic E-state index is 16.8. The molecule has 5 rings (SSSR count). The zero-order valence-electron chi connectivity index (χ0n) is 23.0. The van der Waals surface area contributed by atoms with Crippen LogP contribution in [0.5, 0.6) is 17.2 Å². The molecule has 0 aromatic heterocycles. The normalized spacial score (nSPS) is 12.1. The molecule has 0 atom stereocenters. The number of phenolic OH excluding ortho intramolecular Hbond substituents is 2. The highest BCUT2D eigenvalue weighted by molar-refractivity contribution is 6.35. The third-order valence-corrected chi connectivity index (χ3v) is 7.78. The molecule has 0 radical (unpaired) electrons. The molecule has 4 N–H and O–H groups in total. The molecular formula is C32H27Cl2FN2O5. The van der Waals surface area contributed by atoms with Gasteiger partial charge in [-0.3, -0.25) is 9.59 Å². The van der Waals surface area contributed by atoms with Crippen LogP contribution in [0.15, 0.2) is 48.5 Å². The van der Waals surface area contributed by atoms with E-state index >= 15 is 4.39 Å². The van der Waals surface area contributed by atoms with Crippen LogP contribution in [0.1, 0.15) is 62.7 Å². The highest BCUT2D eigenvalue weighted by atomic mass is 35.5. The third-order valence-electron chi connectivity index (χ3n) is 7.15. The molecular weight excluding hydrogens is 582 g/mol. The summed E-state index contributed by atoms with van der Waals surface area (Å²) in [6, 6.07) is 12.5. The van der Waals surface area contributed by atoms with Crippen LogP contribution in [-0.4, -0.2) is 28.4 Å². The lowest BCUT2D eigenvalue weighted by atomic mass is 9.81. The average molecular weight is 609 g/mol. The fourth-order valence-electron chi connectivity index (χ4n) is 4.95. The van der Waals surface area contributed by atoms with Crippen molar-refractivity contribution in [2.75, 3.05) is 17.2 Å². The summed E-state index contributed by atoms with van der Waals surface area (Å²) < 4.78 is 23.0. The second-order valence-electron chi connectivity index (χ2n) is 9.97. The zero-order chi connectivity index (χ0) is 30.3. The molecule has 216 valence electrons. The van der Waals surface area contributed by atoms with Gasteiger partial charge in [0.05, 0.1) is 50.3 Å². The van der Waals surface area contributed by atoms with Crippen LogP contribution in [0.3, 0.4) is 0 Å². The smallest absolute Gasteiger partial charge is 0.202 e. The fourth-order valence-corrected chi connectivity index (χ4v) is 5.48. The van der Waals surface area contributed by atoms with Crippen molar-refractivity contribution in [1.82, 2.24) is 0 Å².